The predicted molar refractivity (Wildman–Crippen MR) is 88.8 cm³/mol. The molecule has 0 radical (unpaired) electrons. The van der Waals surface area contributed by atoms with E-state index in [1.807, 2.05) is 0 Å². The lowest BCUT2D eigenvalue weighted by atomic mass is 10.2. The third-order valence-electron chi connectivity index (χ3n) is 3.50. The highest BCUT2D eigenvalue weighted by molar-refractivity contribution is 5.87. The van der Waals surface area contributed by atoms with Gasteiger partial charge in [-0.1, -0.05) is 12.1 Å². The third-order valence-corrected chi connectivity index (χ3v) is 3.50. The molecule has 0 aliphatic carbocycles. The van der Waals surface area contributed by atoms with Gasteiger partial charge in [-0.05, 0) is 23.8 Å². The van der Waals surface area contributed by atoms with Crippen molar-refractivity contribution in [3.8, 4) is 5.75 Å². The summed E-state index contributed by atoms with van der Waals surface area (Å²) in [4.78, 5) is 35.1. The fourth-order valence-electron chi connectivity index (χ4n) is 2.03. The van der Waals surface area contributed by atoms with Crippen molar-refractivity contribution in [3.05, 3.63) is 68.5 Å². The maximum absolute atomic E-state index is 12.1. The Hall–Kier alpha value is -3.23. The van der Waals surface area contributed by atoms with Gasteiger partial charge in [0, 0.05) is 26.2 Å². The second kappa shape index (κ2) is 8.24. The van der Waals surface area contributed by atoms with Gasteiger partial charge < -0.3 is 9.47 Å². The zero-order valence-corrected chi connectivity index (χ0v) is 14.0. The molecule has 1 aromatic carbocycles. The molecule has 0 aliphatic heterocycles. The van der Waals surface area contributed by atoms with Gasteiger partial charge in [0.2, 0.25) is 0 Å². The van der Waals surface area contributed by atoms with Crippen molar-refractivity contribution in [2.24, 2.45) is 14.1 Å². The van der Waals surface area contributed by atoms with E-state index in [2.05, 4.69) is 4.74 Å². The van der Waals surface area contributed by atoms with E-state index in [9.17, 15) is 23.2 Å². The number of carbonyl (C=O) groups is 1. The van der Waals surface area contributed by atoms with E-state index in [-0.39, 0.29) is 18.1 Å². The molecule has 138 valence electrons. The zero-order chi connectivity index (χ0) is 19.3. The van der Waals surface area contributed by atoms with E-state index in [1.165, 1.54) is 55.1 Å². The van der Waals surface area contributed by atoms with E-state index < -0.39 is 23.8 Å². The summed E-state index contributed by atoms with van der Waals surface area (Å²) in [5.41, 5.74) is -0.191. The van der Waals surface area contributed by atoms with Crippen LogP contribution in [0.4, 0.5) is 8.78 Å². The molecule has 0 atom stereocenters. The minimum Gasteiger partial charge on any atom is -0.456 e. The molecule has 0 saturated heterocycles. The van der Waals surface area contributed by atoms with Crippen LogP contribution >= 0.6 is 0 Å². The van der Waals surface area contributed by atoms with Gasteiger partial charge in [-0.3, -0.25) is 13.9 Å². The molecule has 0 N–H and O–H groups in total. The van der Waals surface area contributed by atoms with Gasteiger partial charge in [0.1, 0.15) is 12.4 Å². The summed E-state index contributed by atoms with van der Waals surface area (Å²) in [6, 6.07) is 6.87. The first-order valence-electron chi connectivity index (χ1n) is 7.43. The summed E-state index contributed by atoms with van der Waals surface area (Å²) >= 11 is 0. The molecule has 0 fully saturated rings. The first kappa shape index (κ1) is 19.1. The normalized spacial score (nSPS) is 11.1. The van der Waals surface area contributed by atoms with Crippen LogP contribution in [0.5, 0.6) is 5.75 Å². The highest BCUT2D eigenvalue weighted by Crippen LogP contribution is 2.15. The third kappa shape index (κ3) is 4.88. The van der Waals surface area contributed by atoms with Crippen LogP contribution in [0, 0.1) is 0 Å². The van der Waals surface area contributed by atoms with Crippen LogP contribution in [0.3, 0.4) is 0 Å². The monoisotopic (exact) mass is 366 g/mol. The van der Waals surface area contributed by atoms with Crippen LogP contribution < -0.4 is 16.0 Å². The van der Waals surface area contributed by atoms with Crippen LogP contribution in [-0.4, -0.2) is 21.7 Å². The van der Waals surface area contributed by atoms with Crippen LogP contribution in [0.15, 0.2) is 46.0 Å². The summed E-state index contributed by atoms with van der Waals surface area (Å²) in [5.74, 6) is -0.683. The second-order valence-electron chi connectivity index (χ2n) is 5.26. The van der Waals surface area contributed by atoms with Gasteiger partial charge in [-0.15, -0.1) is 0 Å². The Morgan fingerprint density at radius 1 is 1.15 bits per heavy atom. The van der Waals surface area contributed by atoms with E-state index in [4.69, 9.17) is 4.74 Å². The van der Waals surface area contributed by atoms with Crippen molar-refractivity contribution in [3.63, 3.8) is 0 Å². The molecule has 26 heavy (non-hydrogen) atoms. The van der Waals surface area contributed by atoms with Crippen molar-refractivity contribution < 1.29 is 23.0 Å². The van der Waals surface area contributed by atoms with Crippen molar-refractivity contribution in [2.45, 2.75) is 13.2 Å². The molecule has 2 rings (SSSR count). The molecule has 1 aromatic heterocycles. The number of benzene rings is 1. The van der Waals surface area contributed by atoms with E-state index in [1.54, 1.807) is 0 Å². The quantitative estimate of drug-likeness (QED) is 0.571. The van der Waals surface area contributed by atoms with Gasteiger partial charge >= 0.3 is 18.3 Å². The minimum atomic E-state index is -2.91. The molecule has 0 bridgehead atoms. The number of halogens is 2. The molecule has 0 unspecified atom stereocenters. The standard InChI is InChI=1S/C17H16F2N2O5/c1-20-12(9-14(22)21(2)17(20)24)10-25-15(23)8-5-11-3-6-13(7-4-11)26-16(18)19/h3-9,16H,10H2,1-2H3/b8-5+. The van der Waals surface area contributed by atoms with E-state index in [0.717, 1.165) is 10.6 Å². The Labute approximate surface area is 146 Å². The summed E-state index contributed by atoms with van der Waals surface area (Å²) in [7, 11) is 2.81. The highest BCUT2D eigenvalue weighted by atomic mass is 19.3. The number of alkyl halides is 2. The molecular weight excluding hydrogens is 350 g/mol. The van der Waals surface area contributed by atoms with Crippen LogP contribution in [0.25, 0.3) is 6.08 Å². The van der Waals surface area contributed by atoms with Gasteiger partial charge in [-0.2, -0.15) is 8.78 Å². The lowest BCUT2D eigenvalue weighted by Gasteiger charge is -2.09. The highest BCUT2D eigenvalue weighted by Gasteiger charge is 2.08. The van der Waals surface area contributed by atoms with Crippen LogP contribution in [0.1, 0.15) is 11.3 Å². The number of hydrogen-bond acceptors (Lipinski definition) is 5. The van der Waals surface area contributed by atoms with Crippen LogP contribution in [0.2, 0.25) is 0 Å². The molecule has 7 nitrogen and oxygen atoms in total. The largest absolute Gasteiger partial charge is 0.456 e. The van der Waals surface area contributed by atoms with E-state index >= 15 is 0 Å². The van der Waals surface area contributed by atoms with Crippen molar-refractivity contribution >= 4 is 12.0 Å². The molecule has 0 aliphatic rings. The lowest BCUT2D eigenvalue weighted by molar-refractivity contribution is -0.139. The average molecular weight is 366 g/mol. The number of nitrogens with zero attached hydrogens (tertiary/aromatic N) is 2. The number of hydrogen-bond donors (Lipinski definition) is 0. The number of rotatable bonds is 6. The van der Waals surface area contributed by atoms with Gasteiger partial charge in [0.05, 0.1) is 5.69 Å². The van der Waals surface area contributed by atoms with Crippen LogP contribution in [-0.2, 0) is 30.2 Å². The Bertz CT molecular complexity index is 930. The first-order chi connectivity index (χ1) is 12.3. The zero-order valence-electron chi connectivity index (χ0n) is 14.0. The van der Waals surface area contributed by atoms with Crippen molar-refractivity contribution in [1.82, 2.24) is 9.13 Å². The Kier molecular flexibility index (Phi) is 6.05. The molecule has 0 amide bonds. The molecule has 9 heteroatoms. The Morgan fingerprint density at radius 2 is 1.81 bits per heavy atom. The summed E-state index contributed by atoms with van der Waals surface area (Å²) in [6.45, 7) is -3.15. The number of carbonyl (C=O) groups excluding carboxylic acids is 1. The molecule has 0 spiro atoms. The maximum Gasteiger partial charge on any atom is 0.387 e. The van der Waals surface area contributed by atoms with Crippen molar-refractivity contribution in [1.29, 1.82) is 0 Å². The summed E-state index contributed by atoms with van der Waals surface area (Å²) in [6.07, 6.45) is 2.57. The number of esters is 1. The minimum absolute atomic E-state index is 0.00583. The van der Waals surface area contributed by atoms with Gasteiger partial charge in [0.15, 0.2) is 0 Å². The lowest BCUT2D eigenvalue weighted by Crippen LogP contribution is -2.38. The number of ether oxygens (including phenoxy) is 2. The van der Waals surface area contributed by atoms with Gasteiger partial charge in [-0.25, -0.2) is 9.59 Å². The molecular formula is C17H16F2N2O5. The maximum atomic E-state index is 12.1. The first-order valence-corrected chi connectivity index (χ1v) is 7.43. The average Bonchev–Trinajstić information content (AvgIpc) is 2.60. The second-order valence-corrected chi connectivity index (χ2v) is 5.26. The topological polar surface area (TPSA) is 79.5 Å². The Balaban J connectivity index is 1.98. The number of aromatic nitrogens is 2. The molecule has 2 aromatic rings. The van der Waals surface area contributed by atoms with Gasteiger partial charge in [0.25, 0.3) is 5.56 Å². The SMILES string of the molecule is Cn1c(COC(=O)/C=C/c2ccc(OC(F)F)cc2)cc(=O)n(C)c1=O. The molecule has 0 saturated carbocycles. The van der Waals surface area contributed by atoms with Crippen molar-refractivity contribution in [2.75, 3.05) is 0 Å². The Morgan fingerprint density at radius 3 is 2.42 bits per heavy atom. The fourth-order valence-corrected chi connectivity index (χ4v) is 2.03. The van der Waals surface area contributed by atoms with E-state index in [0.29, 0.717) is 5.56 Å². The smallest absolute Gasteiger partial charge is 0.387 e. The fraction of sp³-hybridized carbons (Fsp3) is 0.235. The summed E-state index contributed by atoms with van der Waals surface area (Å²) < 4.78 is 35.5. The predicted octanol–water partition coefficient (Wildman–Crippen LogP) is 1.44. The summed E-state index contributed by atoms with van der Waals surface area (Å²) in [5, 5.41) is 0. The molecule has 1 heterocycles.